The van der Waals surface area contributed by atoms with Crippen molar-refractivity contribution in [2.24, 2.45) is 18.7 Å². The molecule has 3 N–H and O–H groups in total. The van der Waals surface area contributed by atoms with Crippen LogP contribution in [-0.2, 0) is 7.05 Å². The van der Waals surface area contributed by atoms with Gasteiger partial charge in [0, 0.05) is 19.6 Å². The minimum absolute atomic E-state index is 0.0644. The number of anilines is 1. The third-order valence-electron chi connectivity index (χ3n) is 2.82. The summed E-state index contributed by atoms with van der Waals surface area (Å²) in [5.74, 6) is 0.839. The summed E-state index contributed by atoms with van der Waals surface area (Å²) < 4.78 is 1.59. The van der Waals surface area contributed by atoms with Gasteiger partial charge in [-0.3, -0.25) is 4.57 Å². The fourth-order valence-corrected chi connectivity index (χ4v) is 1.66. The number of nitrogens with two attached hydrogens (primary N) is 1. The molecular formula is C9H15N5O2. The van der Waals surface area contributed by atoms with Gasteiger partial charge in [-0.2, -0.15) is 0 Å². The van der Waals surface area contributed by atoms with Crippen molar-refractivity contribution in [2.45, 2.75) is 18.9 Å². The number of nitro groups is 1. The minimum Gasteiger partial charge on any atom is -0.363 e. The van der Waals surface area contributed by atoms with E-state index in [4.69, 9.17) is 5.73 Å². The average Bonchev–Trinajstić information content (AvgIpc) is 3.00. The second-order valence-corrected chi connectivity index (χ2v) is 4.17. The van der Waals surface area contributed by atoms with E-state index in [1.165, 1.54) is 6.33 Å². The van der Waals surface area contributed by atoms with Gasteiger partial charge >= 0.3 is 5.82 Å². The number of rotatable bonds is 5. The Hall–Kier alpha value is -1.63. The summed E-state index contributed by atoms with van der Waals surface area (Å²) in [6, 6.07) is 0.0644. The molecule has 0 aliphatic heterocycles. The smallest absolute Gasteiger partial charge is 0.363 e. The SMILES string of the molecule is Cn1cnc([N+](=O)[O-])c1NCC(N)C1CC1. The molecule has 0 spiro atoms. The largest absolute Gasteiger partial charge is 0.406 e. The zero-order chi connectivity index (χ0) is 11.7. The normalized spacial score (nSPS) is 17.1. The minimum atomic E-state index is -0.495. The van der Waals surface area contributed by atoms with Crippen molar-refractivity contribution in [3.8, 4) is 0 Å². The Labute approximate surface area is 92.8 Å². The number of hydrogen-bond acceptors (Lipinski definition) is 5. The van der Waals surface area contributed by atoms with E-state index in [-0.39, 0.29) is 11.9 Å². The Kier molecular flexibility index (Phi) is 2.78. The van der Waals surface area contributed by atoms with Crippen molar-refractivity contribution < 1.29 is 4.92 Å². The lowest BCUT2D eigenvalue weighted by molar-refractivity contribution is -0.388. The summed E-state index contributed by atoms with van der Waals surface area (Å²) in [6.45, 7) is 0.547. The van der Waals surface area contributed by atoms with E-state index >= 15 is 0 Å². The summed E-state index contributed by atoms with van der Waals surface area (Å²) in [5, 5.41) is 13.7. The molecule has 0 radical (unpaired) electrons. The van der Waals surface area contributed by atoms with Crippen molar-refractivity contribution in [3.63, 3.8) is 0 Å². The molecule has 88 valence electrons. The summed E-state index contributed by atoms with van der Waals surface area (Å²) in [6.07, 6.45) is 3.75. The predicted molar refractivity (Wildman–Crippen MR) is 59.1 cm³/mol. The Balaban J connectivity index is 2.01. The number of aromatic nitrogens is 2. The molecule has 0 bridgehead atoms. The van der Waals surface area contributed by atoms with E-state index < -0.39 is 4.92 Å². The van der Waals surface area contributed by atoms with Crippen LogP contribution >= 0.6 is 0 Å². The molecule has 1 saturated carbocycles. The molecule has 1 fully saturated rings. The Morgan fingerprint density at radius 1 is 1.81 bits per heavy atom. The van der Waals surface area contributed by atoms with Crippen molar-refractivity contribution in [1.29, 1.82) is 0 Å². The van der Waals surface area contributed by atoms with Crippen molar-refractivity contribution in [1.82, 2.24) is 9.55 Å². The van der Waals surface area contributed by atoms with Crippen molar-refractivity contribution in [2.75, 3.05) is 11.9 Å². The van der Waals surface area contributed by atoms with E-state index in [2.05, 4.69) is 10.3 Å². The molecular weight excluding hydrogens is 210 g/mol. The highest BCUT2D eigenvalue weighted by Gasteiger charge is 2.29. The summed E-state index contributed by atoms with van der Waals surface area (Å²) in [4.78, 5) is 13.9. The number of nitrogens with zero attached hydrogens (tertiary/aromatic N) is 3. The highest BCUT2D eigenvalue weighted by molar-refractivity contribution is 5.52. The van der Waals surface area contributed by atoms with Gasteiger partial charge in [-0.05, 0) is 28.7 Å². The molecule has 1 aromatic heterocycles. The van der Waals surface area contributed by atoms with Crippen molar-refractivity contribution in [3.05, 3.63) is 16.4 Å². The van der Waals surface area contributed by atoms with Crippen LogP contribution in [0.1, 0.15) is 12.8 Å². The number of nitrogens with one attached hydrogen (secondary N) is 1. The fourth-order valence-electron chi connectivity index (χ4n) is 1.66. The van der Waals surface area contributed by atoms with Crippen molar-refractivity contribution >= 4 is 11.6 Å². The molecule has 1 aliphatic rings. The van der Waals surface area contributed by atoms with Gasteiger partial charge in [-0.1, -0.05) is 0 Å². The van der Waals surface area contributed by atoms with Gasteiger partial charge in [-0.15, -0.1) is 0 Å². The van der Waals surface area contributed by atoms with E-state index in [9.17, 15) is 10.1 Å². The number of aryl methyl sites for hydroxylation is 1. The molecule has 7 heteroatoms. The van der Waals surface area contributed by atoms with Gasteiger partial charge in [-0.25, -0.2) is 0 Å². The van der Waals surface area contributed by atoms with Crippen LogP contribution in [0.3, 0.4) is 0 Å². The Morgan fingerprint density at radius 2 is 2.50 bits per heavy atom. The van der Waals surface area contributed by atoms with Crippen LogP contribution < -0.4 is 11.1 Å². The molecule has 0 aromatic carbocycles. The molecule has 0 saturated heterocycles. The van der Waals surface area contributed by atoms with Crippen LogP contribution in [0.25, 0.3) is 0 Å². The van der Waals surface area contributed by atoms with Gasteiger partial charge in [0.1, 0.15) is 0 Å². The molecule has 1 unspecified atom stereocenters. The van der Waals surface area contributed by atoms with E-state index in [0.29, 0.717) is 18.3 Å². The summed E-state index contributed by atoms with van der Waals surface area (Å²) in [7, 11) is 1.71. The second kappa shape index (κ2) is 4.09. The van der Waals surface area contributed by atoms with Crippen LogP contribution in [0.15, 0.2) is 6.33 Å². The molecule has 2 rings (SSSR count). The molecule has 0 amide bonds. The van der Waals surface area contributed by atoms with Crippen LogP contribution in [0, 0.1) is 16.0 Å². The third kappa shape index (κ3) is 2.13. The molecule has 1 aliphatic carbocycles. The highest BCUT2D eigenvalue weighted by Crippen LogP contribution is 2.32. The first-order valence-corrected chi connectivity index (χ1v) is 5.24. The topological polar surface area (TPSA) is 99.0 Å². The van der Waals surface area contributed by atoms with E-state index in [0.717, 1.165) is 12.8 Å². The first-order valence-electron chi connectivity index (χ1n) is 5.24. The number of imidazole rings is 1. The summed E-state index contributed by atoms with van der Waals surface area (Å²) in [5.41, 5.74) is 5.91. The monoisotopic (exact) mass is 225 g/mol. The van der Waals surface area contributed by atoms with Gasteiger partial charge in [0.2, 0.25) is 12.1 Å². The zero-order valence-corrected chi connectivity index (χ0v) is 9.09. The number of hydrogen-bond donors (Lipinski definition) is 2. The van der Waals surface area contributed by atoms with Gasteiger partial charge in [0.25, 0.3) is 0 Å². The van der Waals surface area contributed by atoms with Gasteiger partial charge in [0.15, 0.2) is 0 Å². The third-order valence-corrected chi connectivity index (χ3v) is 2.82. The highest BCUT2D eigenvalue weighted by atomic mass is 16.6. The lowest BCUT2D eigenvalue weighted by Crippen LogP contribution is -2.31. The zero-order valence-electron chi connectivity index (χ0n) is 9.09. The fraction of sp³-hybridized carbons (Fsp3) is 0.667. The first-order chi connectivity index (χ1) is 7.59. The van der Waals surface area contributed by atoms with Gasteiger partial charge in [0.05, 0.1) is 0 Å². The maximum atomic E-state index is 10.7. The van der Waals surface area contributed by atoms with Crippen LogP contribution in [0.5, 0.6) is 0 Å². The standard InChI is InChI=1S/C9H15N5O2/c1-13-5-12-9(14(15)16)8(13)11-4-7(10)6-2-3-6/h5-7,11H,2-4,10H2,1H3. The molecule has 7 nitrogen and oxygen atoms in total. The maximum Gasteiger partial charge on any atom is 0.406 e. The van der Waals surface area contributed by atoms with Crippen LogP contribution in [0.2, 0.25) is 0 Å². The van der Waals surface area contributed by atoms with E-state index in [1.54, 1.807) is 11.6 Å². The quantitative estimate of drug-likeness (QED) is 0.560. The lowest BCUT2D eigenvalue weighted by Gasteiger charge is -2.12. The van der Waals surface area contributed by atoms with Crippen LogP contribution in [0.4, 0.5) is 11.6 Å². The average molecular weight is 225 g/mol. The first kappa shape index (κ1) is 10.9. The Morgan fingerprint density at radius 3 is 3.06 bits per heavy atom. The van der Waals surface area contributed by atoms with Crippen LogP contribution in [-0.4, -0.2) is 27.1 Å². The molecule has 1 atom stereocenters. The molecule has 1 heterocycles. The summed E-state index contributed by atoms with van der Waals surface area (Å²) >= 11 is 0. The lowest BCUT2D eigenvalue weighted by atomic mass is 10.2. The Bertz CT molecular complexity index is 399. The van der Waals surface area contributed by atoms with E-state index in [1.807, 2.05) is 0 Å². The maximum absolute atomic E-state index is 10.7. The molecule has 1 aromatic rings. The van der Waals surface area contributed by atoms with Gasteiger partial charge < -0.3 is 21.2 Å². The molecule has 16 heavy (non-hydrogen) atoms. The second-order valence-electron chi connectivity index (χ2n) is 4.17. The predicted octanol–water partition coefficient (Wildman–Crippen LogP) is 0.477.